The van der Waals surface area contributed by atoms with Gasteiger partial charge in [0.1, 0.15) is 16.4 Å². The summed E-state index contributed by atoms with van der Waals surface area (Å²) in [5, 5.41) is 13.2. The van der Waals surface area contributed by atoms with Crippen LogP contribution in [-0.4, -0.2) is 52.5 Å². The van der Waals surface area contributed by atoms with Crippen molar-refractivity contribution in [3.05, 3.63) is 46.7 Å². The standard InChI is InChI=1S/C20H21ClN8O3/c1-22-18(30)13-9-24-29(3)17(13)26-16-14(21)10-23-19(27-16)25-12-4-5-15-11(8-12)6-7-32-20(31)28(15)2/h4-5,8-10H,6-7H2,1-3H3,(H,22,30)(H2,23,25,26,27). The molecule has 2 aromatic heterocycles. The van der Waals surface area contributed by atoms with Gasteiger partial charge in [0.05, 0.1) is 24.7 Å². The normalized spacial score (nSPS) is 13.1. The van der Waals surface area contributed by atoms with E-state index in [2.05, 4.69) is 31.0 Å². The smallest absolute Gasteiger partial charge is 0.414 e. The molecule has 1 aromatic carbocycles. The predicted octanol–water partition coefficient (Wildman–Crippen LogP) is 2.84. The average Bonchev–Trinajstić information content (AvgIpc) is 3.08. The highest BCUT2D eigenvalue weighted by Crippen LogP contribution is 2.29. The number of rotatable bonds is 5. The first-order valence-electron chi connectivity index (χ1n) is 9.71. The second-order valence-electron chi connectivity index (χ2n) is 7.02. The molecule has 0 bridgehead atoms. The third kappa shape index (κ3) is 4.14. The number of aromatic nitrogens is 4. The van der Waals surface area contributed by atoms with Gasteiger partial charge in [-0.05, 0) is 23.8 Å². The third-order valence-electron chi connectivity index (χ3n) is 4.96. The third-order valence-corrected chi connectivity index (χ3v) is 5.24. The van der Waals surface area contributed by atoms with E-state index in [-0.39, 0.29) is 17.0 Å². The summed E-state index contributed by atoms with van der Waals surface area (Å²) in [6, 6.07) is 5.58. The van der Waals surface area contributed by atoms with Crippen molar-refractivity contribution in [3.8, 4) is 0 Å². The molecule has 3 heterocycles. The monoisotopic (exact) mass is 456 g/mol. The number of benzene rings is 1. The Morgan fingerprint density at radius 2 is 2.03 bits per heavy atom. The highest BCUT2D eigenvalue weighted by atomic mass is 35.5. The zero-order valence-electron chi connectivity index (χ0n) is 17.6. The molecular weight excluding hydrogens is 436 g/mol. The van der Waals surface area contributed by atoms with Gasteiger partial charge in [0, 0.05) is 33.3 Å². The van der Waals surface area contributed by atoms with Crippen molar-refractivity contribution in [2.24, 2.45) is 7.05 Å². The number of aryl methyl sites for hydroxylation is 1. The second-order valence-corrected chi connectivity index (χ2v) is 7.42. The number of nitrogens with one attached hydrogen (secondary N) is 3. The van der Waals surface area contributed by atoms with Crippen molar-refractivity contribution in [3.63, 3.8) is 0 Å². The minimum Gasteiger partial charge on any atom is -0.449 e. The van der Waals surface area contributed by atoms with Crippen LogP contribution in [0, 0.1) is 0 Å². The maximum absolute atomic E-state index is 12.1. The van der Waals surface area contributed by atoms with Crippen LogP contribution in [0.15, 0.2) is 30.6 Å². The van der Waals surface area contributed by atoms with Crippen LogP contribution < -0.4 is 20.9 Å². The lowest BCUT2D eigenvalue weighted by Gasteiger charge is -2.17. The number of nitrogens with zero attached hydrogens (tertiary/aromatic N) is 5. The van der Waals surface area contributed by atoms with Gasteiger partial charge in [0.2, 0.25) is 5.95 Å². The quantitative estimate of drug-likeness (QED) is 0.535. The molecule has 0 spiro atoms. The van der Waals surface area contributed by atoms with Crippen LogP contribution in [0.2, 0.25) is 5.02 Å². The van der Waals surface area contributed by atoms with Crippen LogP contribution in [0.1, 0.15) is 15.9 Å². The number of cyclic esters (lactones) is 1. The maximum Gasteiger partial charge on any atom is 0.414 e. The van der Waals surface area contributed by atoms with Gasteiger partial charge >= 0.3 is 6.09 Å². The molecule has 0 unspecified atom stereocenters. The maximum atomic E-state index is 12.1. The van der Waals surface area contributed by atoms with Crippen molar-refractivity contribution >= 4 is 52.6 Å². The molecule has 0 radical (unpaired) electrons. The Bertz CT molecular complexity index is 1200. The SMILES string of the molecule is CNC(=O)c1cnn(C)c1Nc1nc(Nc2ccc3c(c2)CCOC(=O)N3C)ncc1Cl. The predicted molar refractivity (Wildman–Crippen MR) is 120 cm³/mol. The minimum absolute atomic E-state index is 0.277. The summed E-state index contributed by atoms with van der Waals surface area (Å²) < 4.78 is 6.68. The average molecular weight is 457 g/mol. The lowest BCUT2D eigenvalue weighted by atomic mass is 10.1. The number of anilines is 5. The molecule has 166 valence electrons. The molecule has 4 rings (SSSR count). The van der Waals surface area contributed by atoms with Gasteiger partial charge in [-0.25, -0.2) is 9.78 Å². The van der Waals surface area contributed by atoms with Crippen LogP contribution in [0.4, 0.5) is 33.8 Å². The zero-order valence-corrected chi connectivity index (χ0v) is 18.4. The Balaban J connectivity index is 1.59. The molecule has 1 aliphatic heterocycles. The number of halogens is 1. The molecule has 0 atom stereocenters. The van der Waals surface area contributed by atoms with Gasteiger partial charge in [0.25, 0.3) is 5.91 Å². The fourth-order valence-corrected chi connectivity index (χ4v) is 3.42. The van der Waals surface area contributed by atoms with Gasteiger partial charge in [-0.15, -0.1) is 0 Å². The lowest BCUT2D eigenvalue weighted by Crippen LogP contribution is -2.25. The summed E-state index contributed by atoms with van der Waals surface area (Å²) >= 11 is 6.28. The largest absolute Gasteiger partial charge is 0.449 e. The number of carbonyl (C=O) groups excluding carboxylic acids is 2. The molecule has 3 N–H and O–H groups in total. The molecule has 0 saturated heterocycles. The number of amides is 2. The first kappa shape index (κ1) is 21.4. The van der Waals surface area contributed by atoms with Crippen molar-refractivity contribution in [2.75, 3.05) is 36.2 Å². The Morgan fingerprint density at radius 3 is 2.81 bits per heavy atom. The molecule has 3 aromatic rings. The van der Waals surface area contributed by atoms with Gasteiger partial charge in [-0.3, -0.25) is 14.4 Å². The van der Waals surface area contributed by atoms with E-state index in [1.54, 1.807) is 21.1 Å². The molecule has 32 heavy (non-hydrogen) atoms. The molecule has 0 aliphatic carbocycles. The van der Waals surface area contributed by atoms with Gasteiger partial charge in [-0.2, -0.15) is 10.1 Å². The van der Waals surface area contributed by atoms with Crippen LogP contribution >= 0.6 is 11.6 Å². The van der Waals surface area contributed by atoms with Crippen molar-refractivity contribution in [1.29, 1.82) is 0 Å². The molecule has 1 aliphatic rings. The molecule has 2 amide bonds. The Morgan fingerprint density at radius 1 is 1.22 bits per heavy atom. The van der Waals surface area contributed by atoms with E-state index in [9.17, 15) is 9.59 Å². The van der Waals surface area contributed by atoms with E-state index in [4.69, 9.17) is 16.3 Å². The summed E-state index contributed by atoms with van der Waals surface area (Å²) in [4.78, 5) is 34.1. The van der Waals surface area contributed by atoms with Gasteiger partial charge in [-0.1, -0.05) is 11.6 Å². The first-order valence-corrected chi connectivity index (χ1v) is 10.1. The van der Waals surface area contributed by atoms with Crippen LogP contribution in [0.3, 0.4) is 0 Å². The van der Waals surface area contributed by atoms with E-state index in [1.165, 1.54) is 22.0 Å². The summed E-state index contributed by atoms with van der Waals surface area (Å²) in [6.45, 7) is 0.309. The molecule has 12 heteroatoms. The van der Waals surface area contributed by atoms with E-state index >= 15 is 0 Å². The number of carbonyl (C=O) groups is 2. The molecule has 0 saturated carbocycles. The summed E-state index contributed by atoms with van der Waals surface area (Å²) in [5.74, 6) is 0.761. The fourth-order valence-electron chi connectivity index (χ4n) is 3.28. The Kier molecular flexibility index (Phi) is 5.82. The van der Waals surface area contributed by atoms with E-state index in [1.807, 2.05) is 18.2 Å². The van der Waals surface area contributed by atoms with E-state index in [0.29, 0.717) is 36.2 Å². The van der Waals surface area contributed by atoms with Crippen LogP contribution in [0.25, 0.3) is 0 Å². The summed E-state index contributed by atoms with van der Waals surface area (Å²) in [6.07, 6.45) is 3.13. The van der Waals surface area contributed by atoms with Gasteiger partial charge in [0.15, 0.2) is 5.82 Å². The topological polar surface area (TPSA) is 126 Å². The first-order chi connectivity index (χ1) is 15.4. The van der Waals surface area contributed by atoms with Gasteiger partial charge < -0.3 is 20.7 Å². The zero-order chi connectivity index (χ0) is 22.8. The van der Waals surface area contributed by atoms with Crippen molar-refractivity contribution in [2.45, 2.75) is 6.42 Å². The highest BCUT2D eigenvalue weighted by molar-refractivity contribution is 6.33. The minimum atomic E-state index is -0.382. The molecule has 0 fully saturated rings. The number of hydrogen-bond donors (Lipinski definition) is 3. The Labute approximate surface area is 188 Å². The summed E-state index contributed by atoms with van der Waals surface area (Å²) in [5.41, 5.74) is 2.84. The number of fused-ring (bicyclic) bond motifs is 1. The highest BCUT2D eigenvalue weighted by Gasteiger charge is 2.21. The summed E-state index contributed by atoms with van der Waals surface area (Å²) in [7, 11) is 4.91. The second kappa shape index (κ2) is 8.71. The fraction of sp³-hybridized carbons (Fsp3) is 0.250. The number of hydrogen-bond acceptors (Lipinski definition) is 8. The van der Waals surface area contributed by atoms with Crippen molar-refractivity contribution < 1.29 is 14.3 Å². The Hall–Kier alpha value is -3.86. The van der Waals surface area contributed by atoms with Crippen LogP contribution in [-0.2, 0) is 18.2 Å². The molecule has 11 nitrogen and oxygen atoms in total. The van der Waals surface area contributed by atoms with E-state index in [0.717, 1.165) is 16.9 Å². The lowest BCUT2D eigenvalue weighted by molar-refractivity contribution is 0.0964. The van der Waals surface area contributed by atoms with Crippen LogP contribution in [0.5, 0.6) is 0 Å². The molecular formula is C20H21ClN8O3. The van der Waals surface area contributed by atoms with E-state index < -0.39 is 0 Å². The van der Waals surface area contributed by atoms with Crippen molar-refractivity contribution in [1.82, 2.24) is 25.1 Å². The number of ether oxygens (including phenoxy) is 1.